The molecule has 0 spiro atoms. The lowest BCUT2D eigenvalue weighted by atomic mass is 9.96. The third-order valence-corrected chi connectivity index (χ3v) is 5.25. The molecular weight excluding hydrogens is 348 g/mol. The summed E-state index contributed by atoms with van der Waals surface area (Å²) in [6.45, 7) is 8.26. The number of nitriles is 1. The van der Waals surface area contributed by atoms with Crippen LogP contribution in [0.5, 0.6) is 0 Å². The van der Waals surface area contributed by atoms with Crippen LogP contribution in [0.15, 0.2) is 54.6 Å². The van der Waals surface area contributed by atoms with Gasteiger partial charge in [0, 0.05) is 32.7 Å². The summed E-state index contributed by atoms with van der Waals surface area (Å²) >= 11 is 0. The minimum absolute atomic E-state index is 0.0144. The number of rotatable bonds is 5. The Hall–Kier alpha value is -2.84. The van der Waals surface area contributed by atoms with E-state index < -0.39 is 0 Å². The first-order valence-electron chi connectivity index (χ1n) is 9.88. The van der Waals surface area contributed by atoms with Crippen LogP contribution < -0.4 is 5.32 Å². The number of urea groups is 1. The molecule has 0 bridgehead atoms. The Labute approximate surface area is 167 Å². The predicted octanol–water partition coefficient (Wildman–Crippen LogP) is 3.78. The van der Waals surface area contributed by atoms with Crippen LogP contribution in [0.2, 0.25) is 0 Å². The van der Waals surface area contributed by atoms with Crippen molar-refractivity contribution >= 4 is 6.03 Å². The van der Waals surface area contributed by atoms with Gasteiger partial charge in [0.15, 0.2) is 0 Å². The summed E-state index contributed by atoms with van der Waals surface area (Å²) in [5.41, 5.74) is 3.02. The van der Waals surface area contributed by atoms with Crippen LogP contribution in [0, 0.1) is 17.2 Å². The van der Waals surface area contributed by atoms with Crippen LogP contribution in [0.1, 0.15) is 36.6 Å². The first kappa shape index (κ1) is 19.9. The maximum atomic E-state index is 12.8. The monoisotopic (exact) mass is 376 g/mol. The van der Waals surface area contributed by atoms with Gasteiger partial charge in [-0.05, 0) is 29.2 Å². The van der Waals surface area contributed by atoms with E-state index in [9.17, 15) is 4.79 Å². The number of carbonyl (C=O) groups excluding carboxylic acids is 1. The van der Waals surface area contributed by atoms with E-state index in [-0.39, 0.29) is 12.1 Å². The van der Waals surface area contributed by atoms with Crippen LogP contribution in [-0.2, 0) is 6.54 Å². The second kappa shape index (κ2) is 9.38. The van der Waals surface area contributed by atoms with Gasteiger partial charge in [0.05, 0.1) is 17.7 Å². The quantitative estimate of drug-likeness (QED) is 0.864. The van der Waals surface area contributed by atoms with Gasteiger partial charge in [-0.1, -0.05) is 56.3 Å². The molecule has 1 N–H and O–H groups in total. The molecule has 146 valence electrons. The molecule has 0 unspecified atom stereocenters. The molecule has 1 fully saturated rings. The summed E-state index contributed by atoms with van der Waals surface area (Å²) in [5.74, 6) is 0.323. The summed E-state index contributed by atoms with van der Waals surface area (Å²) in [5, 5.41) is 12.1. The van der Waals surface area contributed by atoms with Crippen molar-refractivity contribution in [1.29, 1.82) is 5.26 Å². The maximum Gasteiger partial charge on any atom is 0.317 e. The Morgan fingerprint density at radius 1 is 1.04 bits per heavy atom. The number of nitrogens with zero attached hydrogens (tertiary/aromatic N) is 3. The molecule has 0 aliphatic carbocycles. The van der Waals surface area contributed by atoms with E-state index in [1.807, 2.05) is 47.4 Å². The second-order valence-corrected chi connectivity index (χ2v) is 7.65. The van der Waals surface area contributed by atoms with Crippen LogP contribution in [0.4, 0.5) is 4.79 Å². The van der Waals surface area contributed by atoms with Gasteiger partial charge in [-0.2, -0.15) is 5.26 Å². The number of nitrogens with one attached hydrogen (secondary N) is 1. The van der Waals surface area contributed by atoms with Gasteiger partial charge in [-0.3, -0.25) is 4.90 Å². The topological polar surface area (TPSA) is 59.4 Å². The van der Waals surface area contributed by atoms with E-state index >= 15 is 0 Å². The molecule has 2 aromatic rings. The van der Waals surface area contributed by atoms with E-state index in [2.05, 4.69) is 42.3 Å². The van der Waals surface area contributed by atoms with Crippen LogP contribution >= 0.6 is 0 Å². The Morgan fingerprint density at radius 3 is 2.25 bits per heavy atom. The zero-order valence-corrected chi connectivity index (χ0v) is 16.6. The highest BCUT2D eigenvalue weighted by Gasteiger charge is 2.25. The Kier molecular flexibility index (Phi) is 6.67. The van der Waals surface area contributed by atoms with Crippen LogP contribution in [0.3, 0.4) is 0 Å². The van der Waals surface area contributed by atoms with Gasteiger partial charge in [0.1, 0.15) is 0 Å². The van der Waals surface area contributed by atoms with E-state index in [1.165, 1.54) is 5.56 Å². The molecule has 5 nitrogen and oxygen atoms in total. The molecular formula is C23H28N4O. The van der Waals surface area contributed by atoms with Gasteiger partial charge in [-0.15, -0.1) is 0 Å². The highest BCUT2D eigenvalue weighted by Crippen LogP contribution is 2.22. The molecule has 3 rings (SSSR count). The fraction of sp³-hybridized carbons (Fsp3) is 0.391. The Bertz CT molecular complexity index is 803. The highest BCUT2D eigenvalue weighted by atomic mass is 16.2. The number of amides is 2. The van der Waals surface area contributed by atoms with Gasteiger partial charge in [0.25, 0.3) is 0 Å². The van der Waals surface area contributed by atoms with Gasteiger partial charge < -0.3 is 10.2 Å². The lowest BCUT2D eigenvalue weighted by Gasteiger charge is -2.36. The lowest BCUT2D eigenvalue weighted by Crippen LogP contribution is -2.52. The van der Waals surface area contributed by atoms with Crippen molar-refractivity contribution in [3.05, 3.63) is 71.3 Å². The zero-order valence-electron chi connectivity index (χ0n) is 16.6. The number of benzene rings is 2. The molecule has 1 heterocycles. The molecule has 2 aromatic carbocycles. The van der Waals surface area contributed by atoms with Crippen LogP contribution in [0.25, 0.3) is 0 Å². The van der Waals surface area contributed by atoms with Crippen molar-refractivity contribution in [3.63, 3.8) is 0 Å². The van der Waals surface area contributed by atoms with Crippen molar-refractivity contribution in [2.24, 2.45) is 5.92 Å². The van der Waals surface area contributed by atoms with E-state index in [0.717, 1.165) is 38.3 Å². The van der Waals surface area contributed by atoms with Crippen molar-refractivity contribution in [2.45, 2.75) is 26.4 Å². The minimum Gasteiger partial charge on any atom is -0.331 e. The first-order chi connectivity index (χ1) is 13.6. The molecule has 1 saturated heterocycles. The van der Waals surface area contributed by atoms with Gasteiger partial charge in [0.2, 0.25) is 0 Å². The average Bonchev–Trinajstić information content (AvgIpc) is 2.73. The minimum atomic E-state index is 0.0144. The Morgan fingerprint density at radius 2 is 1.68 bits per heavy atom. The second-order valence-electron chi connectivity index (χ2n) is 7.65. The smallest absolute Gasteiger partial charge is 0.317 e. The molecule has 0 saturated carbocycles. The number of hydrogen-bond acceptors (Lipinski definition) is 3. The molecule has 1 aliphatic heterocycles. The highest BCUT2D eigenvalue weighted by molar-refractivity contribution is 5.75. The van der Waals surface area contributed by atoms with E-state index in [1.54, 1.807) is 0 Å². The van der Waals surface area contributed by atoms with Crippen molar-refractivity contribution in [2.75, 3.05) is 26.2 Å². The number of piperazine rings is 1. The number of carbonyl (C=O) groups is 1. The Balaban J connectivity index is 1.52. The third-order valence-electron chi connectivity index (χ3n) is 5.25. The summed E-state index contributed by atoms with van der Waals surface area (Å²) in [4.78, 5) is 17.0. The standard InChI is InChI=1S/C23H28N4O/c1-18(2)22(21-6-4-3-5-7-21)25-23(28)27-14-12-26(13-15-27)17-20-10-8-19(16-24)9-11-20/h3-11,18,22H,12-15,17H2,1-2H3,(H,25,28)/t22-/m0/s1. The van der Waals surface area contributed by atoms with E-state index in [4.69, 9.17) is 5.26 Å². The predicted molar refractivity (Wildman–Crippen MR) is 111 cm³/mol. The molecule has 5 heteroatoms. The molecule has 0 radical (unpaired) electrons. The largest absolute Gasteiger partial charge is 0.331 e. The summed E-state index contributed by atoms with van der Waals surface area (Å²) in [7, 11) is 0. The fourth-order valence-electron chi connectivity index (χ4n) is 3.57. The SMILES string of the molecule is CC(C)[C@H](NC(=O)N1CCN(Cc2ccc(C#N)cc2)CC1)c1ccccc1. The van der Waals surface area contributed by atoms with E-state index in [0.29, 0.717) is 11.5 Å². The van der Waals surface area contributed by atoms with Crippen LogP contribution in [-0.4, -0.2) is 42.0 Å². The third kappa shape index (κ3) is 5.11. The maximum absolute atomic E-state index is 12.8. The molecule has 0 aromatic heterocycles. The first-order valence-corrected chi connectivity index (χ1v) is 9.88. The van der Waals surface area contributed by atoms with Gasteiger partial charge >= 0.3 is 6.03 Å². The van der Waals surface area contributed by atoms with Crippen molar-refractivity contribution < 1.29 is 4.79 Å². The summed E-state index contributed by atoms with van der Waals surface area (Å²) < 4.78 is 0. The molecule has 28 heavy (non-hydrogen) atoms. The fourth-order valence-corrected chi connectivity index (χ4v) is 3.57. The van der Waals surface area contributed by atoms with Crippen molar-refractivity contribution in [3.8, 4) is 6.07 Å². The molecule has 1 atom stereocenters. The van der Waals surface area contributed by atoms with Crippen molar-refractivity contribution in [1.82, 2.24) is 15.1 Å². The summed E-state index contributed by atoms with van der Waals surface area (Å²) in [6, 6.07) is 20.1. The van der Waals surface area contributed by atoms with Gasteiger partial charge in [-0.25, -0.2) is 4.79 Å². The average molecular weight is 377 g/mol. The number of hydrogen-bond donors (Lipinski definition) is 1. The summed E-state index contributed by atoms with van der Waals surface area (Å²) in [6.07, 6.45) is 0. The normalized spacial score (nSPS) is 15.9. The molecule has 2 amide bonds. The lowest BCUT2D eigenvalue weighted by molar-refractivity contribution is 0.131. The zero-order chi connectivity index (χ0) is 19.9. The molecule has 1 aliphatic rings.